The highest BCUT2D eigenvalue weighted by atomic mass is 127. The van der Waals surface area contributed by atoms with E-state index in [0.717, 1.165) is 25.9 Å². The molecule has 3 aromatic rings. The Labute approximate surface area is 136 Å². The molecule has 4 heteroatoms. The lowest BCUT2D eigenvalue weighted by molar-refractivity contribution is 0.102. The van der Waals surface area contributed by atoms with Crippen molar-refractivity contribution in [2.45, 2.75) is 13.8 Å². The molecular weight excluding hydrogens is 375 g/mol. The van der Waals surface area contributed by atoms with Crippen LogP contribution in [0.15, 0.2) is 42.5 Å². The largest absolute Gasteiger partial charge is 0.358 e. The minimum Gasteiger partial charge on any atom is -0.358 e. The predicted molar refractivity (Wildman–Crippen MR) is 94.9 cm³/mol. The van der Waals surface area contributed by atoms with E-state index in [2.05, 4.69) is 39.8 Å². The Bertz CT molecular complexity index is 819. The third kappa shape index (κ3) is 2.81. The number of carbonyl (C=O) groups excluding carboxylic acids is 1. The monoisotopic (exact) mass is 390 g/mol. The molecule has 3 rings (SSSR count). The highest BCUT2D eigenvalue weighted by Gasteiger charge is 2.10. The lowest BCUT2D eigenvalue weighted by Crippen LogP contribution is -2.11. The number of aromatic amines is 1. The molecule has 0 spiro atoms. The molecule has 2 N–H and O–H groups in total. The summed E-state index contributed by atoms with van der Waals surface area (Å²) < 4.78 is 1.14. The summed E-state index contributed by atoms with van der Waals surface area (Å²) in [5.74, 6) is -0.0867. The summed E-state index contributed by atoms with van der Waals surface area (Å²) in [7, 11) is 0. The number of aromatic nitrogens is 1. The number of amides is 1. The van der Waals surface area contributed by atoms with Crippen molar-refractivity contribution in [2.24, 2.45) is 0 Å². The number of aryl methyl sites for hydroxylation is 2. The zero-order chi connectivity index (χ0) is 15.0. The van der Waals surface area contributed by atoms with Crippen LogP contribution in [-0.2, 0) is 0 Å². The Hall–Kier alpha value is -1.82. The molecule has 0 saturated carbocycles. The Kier molecular flexibility index (Phi) is 3.71. The molecule has 0 bridgehead atoms. The maximum atomic E-state index is 12.3. The van der Waals surface area contributed by atoms with Gasteiger partial charge in [-0.25, -0.2) is 0 Å². The lowest BCUT2D eigenvalue weighted by atomic mass is 10.1. The van der Waals surface area contributed by atoms with E-state index in [1.807, 2.05) is 49.4 Å². The van der Waals surface area contributed by atoms with E-state index < -0.39 is 0 Å². The van der Waals surface area contributed by atoms with Crippen molar-refractivity contribution in [1.82, 2.24) is 4.98 Å². The van der Waals surface area contributed by atoms with Crippen LogP contribution in [-0.4, -0.2) is 10.9 Å². The molecule has 0 atom stereocenters. The number of nitrogens with one attached hydrogen (secondary N) is 2. The third-order valence-corrected chi connectivity index (χ3v) is 4.39. The van der Waals surface area contributed by atoms with E-state index in [1.165, 1.54) is 5.56 Å². The molecule has 0 aliphatic carbocycles. The zero-order valence-corrected chi connectivity index (χ0v) is 14.0. The molecule has 0 unspecified atom stereocenters. The number of benzene rings is 2. The summed E-state index contributed by atoms with van der Waals surface area (Å²) in [4.78, 5) is 15.7. The van der Waals surface area contributed by atoms with E-state index in [-0.39, 0.29) is 5.91 Å². The molecule has 1 heterocycles. The van der Waals surface area contributed by atoms with Crippen LogP contribution in [0.25, 0.3) is 10.9 Å². The third-order valence-electron chi connectivity index (χ3n) is 3.67. The molecule has 1 amide bonds. The van der Waals surface area contributed by atoms with Crippen molar-refractivity contribution >= 4 is 45.1 Å². The standard InChI is InChI=1S/C17H15IN2O/c1-10-11(2)19-16-8-3-12(9-15(10)16)17(21)20-14-6-4-13(18)5-7-14/h3-9,19H,1-2H3,(H,20,21). The topological polar surface area (TPSA) is 44.9 Å². The molecule has 3 nitrogen and oxygen atoms in total. The van der Waals surface area contributed by atoms with Gasteiger partial charge < -0.3 is 10.3 Å². The van der Waals surface area contributed by atoms with Crippen molar-refractivity contribution in [3.05, 3.63) is 62.9 Å². The second-order valence-corrected chi connectivity index (χ2v) is 6.34. The van der Waals surface area contributed by atoms with Crippen LogP contribution in [0.2, 0.25) is 0 Å². The molecule has 0 aliphatic rings. The van der Waals surface area contributed by atoms with Crippen molar-refractivity contribution in [3.63, 3.8) is 0 Å². The first-order valence-corrected chi connectivity index (χ1v) is 7.78. The highest BCUT2D eigenvalue weighted by molar-refractivity contribution is 14.1. The second-order valence-electron chi connectivity index (χ2n) is 5.10. The number of rotatable bonds is 2. The minimum absolute atomic E-state index is 0.0867. The number of hydrogen-bond donors (Lipinski definition) is 2. The number of hydrogen-bond acceptors (Lipinski definition) is 1. The first-order chi connectivity index (χ1) is 10.0. The van der Waals surface area contributed by atoms with E-state index in [9.17, 15) is 4.79 Å². The Morgan fingerprint density at radius 3 is 2.52 bits per heavy atom. The van der Waals surface area contributed by atoms with Crippen molar-refractivity contribution in [1.29, 1.82) is 0 Å². The van der Waals surface area contributed by atoms with Crippen LogP contribution in [0.4, 0.5) is 5.69 Å². The first-order valence-electron chi connectivity index (χ1n) is 6.70. The Balaban J connectivity index is 1.90. The maximum Gasteiger partial charge on any atom is 0.255 e. The second kappa shape index (κ2) is 5.52. The molecule has 2 aromatic carbocycles. The van der Waals surface area contributed by atoms with Gasteiger partial charge >= 0.3 is 0 Å². The maximum absolute atomic E-state index is 12.3. The normalized spacial score (nSPS) is 10.8. The predicted octanol–water partition coefficient (Wildman–Crippen LogP) is 4.64. The molecule has 106 valence electrons. The fourth-order valence-corrected chi connectivity index (χ4v) is 2.70. The van der Waals surface area contributed by atoms with Crippen LogP contribution in [0, 0.1) is 17.4 Å². The molecule has 0 radical (unpaired) electrons. The number of halogens is 1. The van der Waals surface area contributed by atoms with Crippen molar-refractivity contribution in [2.75, 3.05) is 5.32 Å². The molecular formula is C17H15IN2O. The van der Waals surface area contributed by atoms with Crippen LogP contribution >= 0.6 is 22.6 Å². The number of anilines is 1. The average molecular weight is 390 g/mol. The van der Waals surface area contributed by atoms with Crippen LogP contribution < -0.4 is 5.32 Å². The van der Waals surface area contributed by atoms with Crippen LogP contribution in [0.3, 0.4) is 0 Å². The van der Waals surface area contributed by atoms with Crippen LogP contribution in [0.1, 0.15) is 21.6 Å². The number of fused-ring (bicyclic) bond motifs is 1. The van der Waals surface area contributed by atoms with E-state index in [1.54, 1.807) is 0 Å². The summed E-state index contributed by atoms with van der Waals surface area (Å²) in [5, 5.41) is 4.02. The van der Waals surface area contributed by atoms with Gasteiger partial charge in [0.25, 0.3) is 5.91 Å². The van der Waals surface area contributed by atoms with Gasteiger partial charge in [-0.3, -0.25) is 4.79 Å². The molecule has 0 aliphatic heterocycles. The summed E-state index contributed by atoms with van der Waals surface area (Å²) in [6.45, 7) is 4.11. The Morgan fingerprint density at radius 1 is 1.10 bits per heavy atom. The smallest absolute Gasteiger partial charge is 0.255 e. The number of H-pyrrole nitrogens is 1. The lowest BCUT2D eigenvalue weighted by Gasteiger charge is -2.06. The van der Waals surface area contributed by atoms with E-state index >= 15 is 0 Å². The quantitative estimate of drug-likeness (QED) is 0.616. The van der Waals surface area contributed by atoms with Gasteiger partial charge in [-0.1, -0.05) is 0 Å². The fourth-order valence-electron chi connectivity index (χ4n) is 2.34. The summed E-state index contributed by atoms with van der Waals surface area (Å²) in [6, 6.07) is 13.5. The Morgan fingerprint density at radius 2 is 1.81 bits per heavy atom. The molecule has 0 saturated heterocycles. The number of carbonyl (C=O) groups is 1. The van der Waals surface area contributed by atoms with Gasteiger partial charge in [0.15, 0.2) is 0 Å². The SMILES string of the molecule is Cc1[nH]c2ccc(C(=O)Nc3ccc(I)cc3)cc2c1C. The van der Waals surface area contributed by atoms with Gasteiger partial charge in [0.1, 0.15) is 0 Å². The molecule has 21 heavy (non-hydrogen) atoms. The van der Waals surface area contributed by atoms with Gasteiger partial charge in [-0.05, 0) is 84.5 Å². The van der Waals surface area contributed by atoms with Crippen molar-refractivity contribution < 1.29 is 4.79 Å². The van der Waals surface area contributed by atoms with Gasteiger partial charge in [0.2, 0.25) is 0 Å². The van der Waals surface area contributed by atoms with Crippen LogP contribution in [0.5, 0.6) is 0 Å². The highest BCUT2D eigenvalue weighted by Crippen LogP contribution is 2.23. The summed E-state index contributed by atoms with van der Waals surface area (Å²) in [5.41, 5.74) is 4.87. The van der Waals surface area contributed by atoms with Gasteiger partial charge in [-0.2, -0.15) is 0 Å². The van der Waals surface area contributed by atoms with Gasteiger partial charge in [-0.15, -0.1) is 0 Å². The fraction of sp³-hybridized carbons (Fsp3) is 0.118. The summed E-state index contributed by atoms with van der Waals surface area (Å²) >= 11 is 2.24. The zero-order valence-electron chi connectivity index (χ0n) is 11.8. The first kappa shape index (κ1) is 14.1. The van der Waals surface area contributed by atoms with E-state index in [0.29, 0.717) is 5.56 Å². The molecule has 1 aromatic heterocycles. The van der Waals surface area contributed by atoms with E-state index in [4.69, 9.17) is 0 Å². The molecule has 0 fully saturated rings. The van der Waals surface area contributed by atoms with Gasteiger partial charge in [0, 0.05) is 31.4 Å². The average Bonchev–Trinajstić information content (AvgIpc) is 2.76. The summed E-state index contributed by atoms with van der Waals surface area (Å²) in [6.07, 6.45) is 0. The van der Waals surface area contributed by atoms with Gasteiger partial charge in [0.05, 0.1) is 0 Å². The van der Waals surface area contributed by atoms with Crippen molar-refractivity contribution in [3.8, 4) is 0 Å². The minimum atomic E-state index is -0.0867.